The molecule has 0 bridgehead atoms. The topological polar surface area (TPSA) is 66.4 Å². The third kappa shape index (κ3) is 4.43. The monoisotopic (exact) mass is 259 g/mol. The molecule has 0 aromatic rings. The van der Waals surface area contributed by atoms with Gasteiger partial charge in [0.2, 0.25) is 0 Å². The minimum atomic E-state index is -0.526. The van der Waals surface area contributed by atoms with Crippen LogP contribution < -0.4 is 5.32 Å². The van der Waals surface area contributed by atoms with Gasteiger partial charge in [-0.25, -0.2) is 0 Å². The molecule has 1 aliphatic heterocycles. The van der Waals surface area contributed by atoms with Crippen molar-refractivity contribution in [3.8, 4) is 0 Å². The molecule has 0 aliphatic carbocycles. The molecule has 1 amide bonds. The minimum Gasteiger partial charge on any atom is -0.507 e. The van der Waals surface area contributed by atoms with Crippen molar-refractivity contribution in [2.45, 2.75) is 13.8 Å². The van der Waals surface area contributed by atoms with Crippen LogP contribution in [0.2, 0.25) is 0 Å². The van der Waals surface area contributed by atoms with Gasteiger partial charge in [-0.05, 0) is 19.9 Å². The first-order chi connectivity index (χ1) is 9.06. The van der Waals surface area contributed by atoms with Gasteiger partial charge in [-0.15, -0.1) is 0 Å². The van der Waals surface area contributed by atoms with Crippen molar-refractivity contribution < 1.29 is 14.7 Å². The van der Waals surface area contributed by atoms with Crippen LogP contribution in [-0.4, -0.2) is 23.3 Å². The SMILES string of the molecule is C/C=C/C=C/C=C(C)/C=C/C(O)=C1\C(=O)CNC1=O. The number of rotatable bonds is 4. The van der Waals surface area contributed by atoms with Gasteiger partial charge in [0.05, 0.1) is 6.54 Å². The Hall–Kier alpha value is -2.36. The van der Waals surface area contributed by atoms with E-state index in [2.05, 4.69) is 5.32 Å². The number of allylic oxidation sites excluding steroid dienone is 8. The van der Waals surface area contributed by atoms with E-state index in [4.69, 9.17) is 0 Å². The first-order valence-corrected chi connectivity index (χ1v) is 5.95. The van der Waals surface area contributed by atoms with E-state index in [0.717, 1.165) is 5.57 Å². The van der Waals surface area contributed by atoms with Gasteiger partial charge in [0.1, 0.15) is 11.3 Å². The van der Waals surface area contributed by atoms with Crippen molar-refractivity contribution >= 4 is 11.7 Å². The number of nitrogens with one attached hydrogen (secondary N) is 1. The second-order valence-electron chi connectivity index (χ2n) is 4.02. The van der Waals surface area contributed by atoms with E-state index in [1.165, 1.54) is 6.08 Å². The lowest BCUT2D eigenvalue weighted by atomic mass is 10.1. The van der Waals surface area contributed by atoms with Gasteiger partial charge in [0.15, 0.2) is 5.78 Å². The summed E-state index contributed by atoms with van der Waals surface area (Å²) < 4.78 is 0. The fourth-order valence-corrected chi connectivity index (χ4v) is 1.45. The zero-order valence-electron chi connectivity index (χ0n) is 11.0. The quantitative estimate of drug-likeness (QED) is 0.352. The standard InChI is InChI=1S/C15H17NO3/c1-3-4-5-6-7-11(2)8-9-12(17)14-13(18)10-16-15(14)19/h3-9,17H,10H2,1-2H3,(H,16,19)/b4-3+,6-5+,9-8+,11-7+,14-12-. The molecule has 0 radical (unpaired) electrons. The third-order valence-corrected chi connectivity index (χ3v) is 2.45. The summed E-state index contributed by atoms with van der Waals surface area (Å²) in [6.45, 7) is 3.73. The lowest BCUT2D eigenvalue weighted by Crippen LogP contribution is -2.14. The van der Waals surface area contributed by atoms with Crippen molar-refractivity contribution in [2.24, 2.45) is 0 Å². The molecular formula is C15H17NO3. The molecule has 1 aliphatic rings. The summed E-state index contributed by atoms with van der Waals surface area (Å²) in [6, 6.07) is 0. The first kappa shape index (κ1) is 14.7. The molecule has 0 unspecified atom stereocenters. The van der Waals surface area contributed by atoms with Gasteiger partial charge in [-0.2, -0.15) is 0 Å². The average Bonchev–Trinajstić information content (AvgIpc) is 2.71. The highest BCUT2D eigenvalue weighted by atomic mass is 16.3. The largest absolute Gasteiger partial charge is 0.507 e. The number of carbonyl (C=O) groups is 2. The zero-order chi connectivity index (χ0) is 14.3. The Morgan fingerprint density at radius 1 is 1.21 bits per heavy atom. The maximum Gasteiger partial charge on any atom is 0.259 e. The molecule has 19 heavy (non-hydrogen) atoms. The summed E-state index contributed by atoms with van der Waals surface area (Å²) in [6.07, 6.45) is 12.4. The molecule has 4 nitrogen and oxygen atoms in total. The number of aliphatic hydroxyl groups excluding tert-OH is 1. The maximum absolute atomic E-state index is 11.3. The molecule has 1 fully saturated rings. The Morgan fingerprint density at radius 3 is 2.53 bits per heavy atom. The van der Waals surface area contributed by atoms with E-state index >= 15 is 0 Å². The first-order valence-electron chi connectivity index (χ1n) is 5.95. The number of carbonyl (C=O) groups excluding carboxylic acids is 2. The summed E-state index contributed by atoms with van der Waals surface area (Å²) >= 11 is 0. The van der Waals surface area contributed by atoms with E-state index in [-0.39, 0.29) is 23.7 Å². The molecule has 0 saturated carbocycles. The van der Waals surface area contributed by atoms with Crippen LogP contribution >= 0.6 is 0 Å². The van der Waals surface area contributed by atoms with Crippen LogP contribution in [0.5, 0.6) is 0 Å². The molecular weight excluding hydrogens is 242 g/mol. The number of hydrogen-bond acceptors (Lipinski definition) is 3. The fourth-order valence-electron chi connectivity index (χ4n) is 1.45. The maximum atomic E-state index is 11.3. The van der Waals surface area contributed by atoms with E-state index in [0.29, 0.717) is 0 Å². The highest BCUT2D eigenvalue weighted by molar-refractivity contribution is 6.25. The molecule has 0 aromatic heterocycles. The van der Waals surface area contributed by atoms with Crippen molar-refractivity contribution in [2.75, 3.05) is 6.54 Å². The second-order valence-corrected chi connectivity index (χ2v) is 4.02. The van der Waals surface area contributed by atoms with Crippen LogP contribution in [0.15, 0.2) is 59.4 Å². The highest BCUT2D eigenvalue weighted by Crippen LogP contribution is 2.11. The predicted octanol–water partition coefficient (Wildman–Crippen LogP) is 2.13. The summed E-state index contributed by atoms with van der Waals surface area (Å²) in [5.74, 6) is -1.21. The van der Waals surface area contributed by atoms with Crippen molar-refractivity contribution in [1.29, 1.82) is 0 Å². The van der Waals surface area contributed by atoms with Gasteiger partial charge < -0.3 is 10.4 Å². The van der Waals surface area contributed by atoms with Gasteiger partial charge in [0.25, 0.3) is 5.91 Å². The molecule has 1 heterocycles. The Balaban J connectivity index is 2.78. The lowest BCUT2D eigenvalue weighted by molar-refractivity contribution is -0.117. The van der Waals surface area contributed by atoms with Crippen LogP contribution in [0.4, 0.5) is 0 Å². The average molecular weight is 259 g/mol. The van der Waals surface area contributed by atoms with Gasteiger partial charge in [0, 0.05) is 0 Å². The minimum absolute atomic E-state index is 0.0486. The van der Waals surface area contributed by atoms with Gasteiger partial charge in [-0.1, -0.05) is 42.0 Å². The normalized spacial score (nSPS) is 20.0. The number of aliphatic hydroxyl groups is 1. The molecule has 1 saturated heterocycles. The Kier molecular flexibility index (Phi) is 5.54. The van der Waals surface area contributed by atoms with E-state index in [1.807, 2.05) is 44.2 Å². The third-order valence-electron chi connectivity index (χ3n) is 2.45. The molecule has 1 rings (SSSR count). The molecule has 100 valence electrons. The van der Waals surface area contributed by atoms with Crippen LogP contribution in [0.1, 0.15) is 13.8 Å². The highest BCUT2D eigenvalue weighted by Gasteiger charge is 2.28. The Bertz CT molecular complexity index is 502. The molecule has 0 atom stereocenters. The van der Waals surface area contributed by atoms with Gasteiger partial charge >= 0.3 is 0 Å². The van der Waals surface area contributed by atoms with Crippen LogP contribution in [0.3, 0.4) is 0 Å². The van der Waals surface area contributed by atoms with Crippen LogP contribution in [-0.2, 0) is 9.59 Å². The second kappa shape index (κ2) is 7.16. The van der Waals surface area contributed by atoms with Crippen LogP contribution in [0, 0.1) is 0 Å². The smallest absolute Gasteiger partial charge is 0.259 e. The van der Waals surface area contributed by atoms with E-state index < -0.39 is 5.91 Å². The fraction of sp³-hybridized carbons (Fsp3) is 0.200. The Labute approximate surface area is 112 Å². The molecule has 0 spiro atoms. The number of Topliss-reactive ketones (excluding diaryl/α,β-unsaturated/α-hetero) is 1. The summed E-state index contributed by atoms with van der Waals surface area (Å²) in [7, 11) is 0. The molecule has 4 heteroatoms. The summed E-state index contributed by atoms with van der Waals surface area (Å²) in [5.41, 5.74) is 0.715. The summed E-state index contributed by atoms with van der Waals surface area (Å²) in [4.78, 5) is 22.6. The molecule has 0 aromatic carbocycles. The number of hydrogen-bond donors (Lipinski definition) is 2. The van der Waals surface area contributed by atoms with Crippen LogP contribution in [0.25, 0.3) is 0 Å². The zero-order valence-corrected chi connectivity index (χ0v) is 11.0. The lowest BCUT2D eigenvalue weighted by Gasteiger charge is -1.95. The van der Waals surface area contributed by atoms with Crippen molar-refractivity contribution in [1.82, 2.24) is 5.32 Å². The van der Waals surface area contributed by atoms with E-state index in [1.54, 1.807) is 6.08 Å². The van der Waals surface area contributed by atoms with Gasteiger partial charge in [-0.3, -0.25) is 9.59 Å². The van der Waals surface area contributed by atoms with Crippen molar-refractivity contribution in [3.63, 3.8) is 0 Å². The predicted molar refractivity (Wildman–Crippen MR) is 74.5 cm³/mol. The number of ketones is 1. The number of amides is 1. The Morgan fingerprint density at radius 2 is 1.95 bits per heavy atom. The van der Waals surface area contributed by atoms with E-state index in [9.17, 15) is 14.7 Å². The summed E-state index contributed by atoms with van der Waals surface area (Å²) in [5, 5.41) is 12.1. The molecule has 2 N–H and O–H groups in total. The van der Waals surface area contributed by atoms with Crippen molar-refractivity contribution in [3.05, 3.63) is 59.4 Å².